The fourth-order valence-corrected chi connectivity index (χ4v) is 4.99. The van der Waals surface area contributed by atoms with E-state index in [1.165, 1.54) is 23.0 Å². The molecule has 3 aromatic carbocycles. The first-order chi connectivity index (χ1) is 15.6. The molecular formula is C26H27NO4S. The van der Waals surface area contributed by atoms with Gasteiger partial charge in [0, 0.05) is 39.5 Å². The third kappa shape index (κ3) is 4.71. The maximum atomic E-state index is 12.8. The minimum absolute atomic E-state index is 0.0316. The summed E-state index contributed by atoms with van der Waals surface area (Å²) >= 11 is 1.49. The van der Waals surface area contributed by atoms with Crippen LogP contribution in [0, 0.1) is 0 Å². The Balaban J connectivity index is 1.42. The van der Waals surface area contributed by atoms with Crippen molar-refractivity contribution in [2.45, 2.75) is 19.9 Å². The first-order valence-corrected chi connectivity index (χ1v) is 11.6. The summed E-state index contributed by atoms with van der Waals surface area (Å²) in [5, 5.41) is 11.5. The molecule has 0 radical (unpaired) electrons. The molecule has 0 unspecified atom stereocenters. The van der Waals surface area contributed by atoms with E-state index < -0.39 is 0 Å². The molecule has 0 bridgehead atoms. The molecule has 4 aromatic rings. The first kappa shape index (κ1) is 22.1. The van der Waals surface area contributed by atoms with E-state index in [2.05, 4.69) is 17.9 Å². The molecule has 0 saturated heterocycles. The molecule has 0 atom stereocenters. The predicted octanol–water partition coefficient (Wildman–Crippen LogP) is 5.42. The van der Waals surface area contributed by atoms with Gasteiger partial charge in [0.2, 0.25) is 0 Å². The van der Waals surface area contributed by atoms with Crippen LogP contribution in [0.1, 0.15) is 18.9 Å². The number of benzene rings is 3. The van der Waals surface area contributed by atoms with Crippen LogP contribution in [0.15, 0.2) is 65.5 Å². The second kappa shape index (κ2) is 10.0. The molecule has 5 nitrogen and oxygen atoms in total. The number of rotatable bonds is 9. The number of methoxy groups -OCH3 is 1. The zero-order valence-electron chi connectivity index (χ0n) is 18.3. The smallest absolute Gasteiger partial charge is 0.199 e. The summed E-state index contributed by atoms with van der Waals surface area (Å²) in [6.07, 6.45) is 0.843. The van der Waals surface area contributed by atoms with Crippen molar-refractivity contribution in [2.24, 2.45) is 0 Å². The van der Waals surface area contributed by atoms with Crippen LogP contribution in [0.2, 0.25) is 0 Å². The minimum atomic E-state index is -0.145. The molecule has 4 rings (SSSR count). The van der Waals surface area contributed by atoms with Gasteiger partial charge in [0.15, 0.2) is 5.43 Å². The van der Waals surface area contributed by atoms with Crippen LogP contribution < -0.4 is 14.9 Å². The number of nitrogens with zero attached hydrogens (tertiary/aromatic N) is 1. The Hall–Kier alpha value is -3.09. The fraction of sp³-hybridized carbons (Fsp3) is 0.269. The van der Waals surface area contributed by atoms with Gasteiger partial charge in [-0.1, -0.05) is 37.3 Å². The molecule has 166 valence electrons. The van der Waals surface area contributed by atoms with Crippen molar-refractivity contribution in [2.75, 3.05) is 26.8 Å². The van der Waals surface area contributed by atoms with Crippen molar-refractivity contribution in [3.8, 4) is 17.2 Å². The zero-order chi connectivity index (χ0) is 22.5. The number of ether oxygens (including phenoxy) is 2. The standard InChI is InChI=1S/C26H27NO4S/c1-3-27(17-18-9-4-6-11-22(18)30-2)13-8-14-31-19-15-21(28)25-24(16-19)32-23-12-7-5-10-20(23)26(25)29/h4-7,9-12,15-16,28H,3,8,13-14,17H2,1-2H3. The molecule has 1 heterocycles. The van der Waals surface area contributed by atoms with Crippen molar-refractivity contribution in [3.05, 3.63) is 76.5 Å². The van der Waals surface area contributed by atoms with Gasteiger partial charge in [0.05, 0.1) is 19.1 Å². The third-order valence-corrected chi connectivity index (χ3v) is 6.67. The Morgan fingerprint density at radius 1 is 1.03 bits per heavy atom. The Bertz CT molecular complexity index is 1280. The highest BCUT2D eigenvalue weighted by Gasteiger charge is 2.12. The van der Waals surface area contributed by atoms with Gasteiger partial charge in [-0.3, -0.25) is 9.69 Å². The first-order valence-electron chi connectivity index (χ1n) is 10.8. The minimum Gasteiger partial charge on any atom is -0.507 e. The van der Waals surface area contributed by atoms with Gasteiger partial charge in [-0.25, -0.2) is 0 Å². The number of aromatic hydroxyl groups is 1. The van der Waals surface area contributed by atoms with Crippen LogP contribution >= 0.6 is 11.3 Å². The van der Waals surface area contributed by atoms with Crippen LogP contribution in [-0.2, 0) is 6.54 Å². The number of fused-ring (bicyclic) bond motifs is 2. The maximum Gasteiger partial charge on any atom is 0.199 e. The number of hydrogen-bond donors (Lipinski definition) is 1. The van der Waals surface area contributed by atoms with Crippen LogP contribution in [0.3, 0.4) is 0 Å². The zero-order valence-corrected chi connectivity index (χ0v) is 19.2. The Labute approximate surface area is 191 Å². The average Bonchev–Trinajstić information content (AvgIpc) is 2.81. The van der Waals surface area contributed by atoms with Gasteiger partial charge >= 0.3 is 0 Å². The van der Waals surface area contributed by atoms with Crippen molar-refractivity contribution >= 4 is 31.5 Å². The molecule has 0 aliphatic carbocycles. The average molecular weight is 450 g/mol. The fourth-order valence-electron chi connectivity index (χ4n) is 3.87. The van der Waals surface area contributed by atoms with E-state index in [-0.39, 0.29) is 11.2 Å². The van der Waals surface area contributed by atoms with Gasteiger partial charge in [-0.2, -0.15) is 0 Å². The van der Waals surface area contributed by atoms with E-state index >= 15 is 0 Å². The van der Waals surface area contributed by atoms with Crippen molar-refractivity contribution in [1.82, 2.24) is 4.90 Å². The monoisotopic (exact) mass is 449 g/mol. The second-order valence-corrected chi connectivity index (χ2v) is 8.71. The molecule has 0 amide bonds. The summed E-state index contributed by atoms with van der Waals surface area (Å²) in [4.78, 5) is 15.1. The van der Waals surface area contributed by atoms with Gasteiger partial charge in [0.1, 0.15) is 17.2 Å². The van der Waals surface area contributed by atoms with Crippen LogP contribution in [-0.4, -0.2) is 36.8 Å². The van der Waals surface area contributed by atoms with E-state index in [4.69, 9.17) is 9.47 Å². The maximum absolute atomic E-state index is 12.8. The number of para-hydroxylation sites is 1. The molecule has 1 N–H and O–H groups in total. The highest BCUT2D eigenvalue weighted by atomic mass is 32.1. The topological polar surface area (TPSA) is 59.0 Å². The van der Waals surface area contributed by atoms with Crippen LogP contribution in [0.5, 0.6) is 17.2 Å². The Morgan fingerprint density at radius 2 is 1.81 bits per heavy atom. The third-order valence-electron chi connectivity index (χ3n) is 5.55. The van der Waals surface area contributed by atoms with E-state index in [0.29, 0.717) is 23.1 Å². The summed E-state index contributed by atoms with van der Waals surface area (Å²) in [6, 6.07) is 18.9. The largest absolute Gasteiger partial charge is 0.507 e. The van der Waals surface area contributed by atoms with Gasteiger partial charge in [0.25, 0.3) is 0 Å². The summed E-state index contributed by atoms with van der Waals surface area (Å²) in [7, 11) is 1.70. The molecule has 0 aliphatic rings. The van der Waals surface area contributed by atoms with E-state index in [9.17, 15) is 9.90 Å². The van der Waals surface area contributed by atoms with Crippen LogP contribution in [0.25, 0.3) is 20.2 Å². The lowest BCUT2D eigenvalue weighted by Crippen LogP contribution is -2.25. The quantitative estimate of drug-likeness (QED) is 0.273. The number of phenols is 1. The molecule has 6 heteroatoms. The normalized spacial score (nSPS) is 11.3. The van der Waals surface area contributed by atoms with Gasteiger partial charge in [-0.15, -0.1) is 11.3 Å². The summed E-state index contributed by atoms with van der Waals surface area (Å²) < 4.78 is 13.0. The second-order valence-electron chi connectivity index (χ2n) is 7.63. The van der Waals surface area contributed by atoms with Gasteiger partial charge in [-0.05, 0) is 37.2 Å². The Kier molecular flexibility index (Phi) is 6.93. The number of hydrogen-bond acceptors (Lipinski definition) is 6. The summed E-state index contributed by atoms with van der Waals surface area (Å²) in [6.45, 7) is 5.29. The Morgan fingerprint density at radius 3 is 2.62 bits per heavy atom. The highest BCUT2D eigenvalue weighted by molar-refractivity contribution is 7.24. The molecule has 32 heavy (non-hydrogen) atoms. The molecule has 0 spiro atoms. The highest BCUT2D eigenvalue weighted by Crippen LogP contribution is 2.33. The van der Waals surface area contributed by atoms with Gasteiger partial charge < -0.3 is 14.6 Å². The predicted molar refractivity (Wildman–Crippen MR) is 131 cm³/mol. The van der Waals surface area contributed by atoms with E-state index in [0.717, 1.165) is 41.2 Å². The molecule has 1 aromatic heterocycles. The van der Waals surface area contributed by atoms with E-state index in [1.807, 2.05) is 42.5 Å². The lowest BCUT2D eigenvalue weighted by molar-refractivity contribution is 0.234. The lowest BCUT2D eigenvalue weighted by Gasteiger charge is -2.21. The SMILES string of the molecule is CCN(CCCOc1cc(O)c2c(=O)c3ccccc3sc2c1)Cc1ccccc1OC. The van der Waals surface area contributed by atoms with Crippen LogP contribution in [0.4, 0.5) is 0 Å². The van der Waals surface area contributed by atoms with Crippen molar-refractivity contribution < 1.29 is 14.6 Å². The van der Waals surface area contributed by atoms with Crippen molar-refractivity contribution in [3.63, 3.8) is 0 Å². The molecule has 0 saturated carbocycles. The van der Waals surface area contributed by atoms with E-state index in [1.54, 1.807) is 13.2 Å². The summed E-state index contributed by atoms with van der Waals surface area (Å²) in [5.41, 5.74) is 1.02. The molecule has 0 fully saturated rings. The molecular weight excluding hydrogens is 422 g/mol. The summed E-state index contributed by atoms with van der Waals surface area (Å²) in [5.74, 6) is 1.45. The number of phenolic OH excluding ortho intramolecular Hbond substituents is 1. The molecule has 0 aliphatic heterocycles. The lowest BCUT2D eigenvalue weighted by atomic mass is 10.1. The van der Waals surface area contributed by atoms with Crippen molar-refractivity contribution in [1.29, 1.82) is 0 Å².